The number of ether oxygens (including phenoxy) is 1. The number of rotatable bonds is 8. The van der Waals surface area contributed by atoms with Crippen molar-refractivity contribution in [2.45, 2.75) is 0 Å². The SMILES string of the molecule is CS(=O)(=O)N(CC(=O)N/N=C\c1cc([N+](=O)[O-])ccc1N1CCOCC1)c1ccc(F)cc1. The molecule has 1 aliphatic rings. The van der Waals surface area contributed by atoms with E-state index in [1.807, 2.05) is 4.90 Å². The summed E-state index contributed by atoms with van der Waals surface area (Å²) in [6, 6.07) is 8.97. The highest BCUT2D eigenvalue weighted by Gasteiger charge is 2.21. The number of anilines is 2. The highest BCUT2D eigenvalue weighted by molar-refractivity contribution is 7.92. The van der Waals surface area contributed by atoms with Gasteiger partial charge in [0.1, 0.15) is 12.4 Å². The molecule has 13 heteroatoms. The maximum Gasteiger partial charge on any atom is 0.270 e. The maximum atomic E-state index is 13.2. The quantitative estimate of drug-likeness (QED) is 0.344. The van der Waals surface area contributed by atoms with Crippen LogP contribution in [0.5, 0.6) is 0 Å². The number of halogens is 1. The zero-order chi connectivity index (χ0) is 24.0. The van der Waals surface area contributed by atoms with Crippen LogP contribution in [0.4, 0.5) is 21.5 Å². The molecule has 176 valence electrons. The highest BCUT2D eigenvalue weighted by Crippen LogP contribution is 2.25. The number of sulfonamides is 1. The van der Waals surface area contributed by atoms with Crippen molar-refractivity contribution in [2.75, 3.05) is 48.3 Å². The largest absolute Gasteiger partial charge is 0.378 e. The van der Waals surface area contributed by atoms with Gasteiger partial charge in [-0.3, -0.25) is 19.2 Å². The third-order valence-electron chi connectivity index (χ3n) is 4.77. The van der Waals surface area contributed by atoms with E-state index in [2.05, 4.69) is 10.5 Å². The second-order valence-electron chi connectivity index (χ2n) is 7.14. The number of carbonyl (C=O) groups is 1. The van der Waals surface area contributed by atoms with E-state index in [0.29, 0.717) is 37.6 Å². The Bertz CT molecular complexity index is 1150. The van der Waals surface area contributed by atoms with Gasteiger partial charge in [-0.1, -0.05) is 0 Å². The number of nitro groups is 1. The van der Waals surface area contributed by atoms with Gasteiger partial charge in [0.2, 0.25) is 10.0 Å². The number of nitrogens with one attached hydrogen (secondary N) is 1. The second-order valence-corrected chi connectivity index (χ2v) is 9.05. The lowest BCUT2D eigenvalue weighted by molar-refractivity contribution is -0.384. The van der Waals surface area contributed by atoms with Gasteiger partial charge in [-0.25, -0.2) is 18.2 Å². The van der Waals surface area contributed by atoms with E-state index in [9.17, 15) is 27.7 Å². The topological polar surface area (TPSA) is 134 Å². The van der Waals surface area contributed by atoms with Crippen LogP contribution in [-0.4, -0.2) is 64.6 Å². The number of nitrogens with zero attached hydrogens (tertiary/aromatic N) is 4. The molecule has 1 heterocycles. The summed E-state index contributed by atoms with van der Waals surface area (Å²) >= 11 is 0. The van der Waals surface area contributed by atoms with Crippen molar-refractivity contribution in [1.29, 1.82) is 0 Å². The molecule has 3 rings (SSSR count). The standard InChI is InChI=1S/C20H22FN5O6S/c1-33(30,31)25(17-4-2-16(21)3-5-17)14-20(27)23-22-13-15-12-18(26(28)29)6-7-19(15)24-8-10-32-11-9-24/h2-7,12-13H,8-11,14H2,1H3,(H,23,27)/b22-13-. The van der Waals surface area contributed by atoms with E-state index in [-0.39, 0.29) is 11.4 Å². The van der Waals surface area contributed by atoms with Crippen LogP contribution in [0.2, 0.25) is 0 Å². The fourth-order valence-corrected chi connectivity index (χ4v) is 4.05. The van der Waals surface area contributed by atoms with E-state index in [0.717, 1.165) is 22.7 Å². The first kappa shape index (κ1) is 24.1. The van der Waals surface area contributed by atoms with Gasteiger partial charge < -0.3 is 9.64 Å². The molecule has 0 bridgehead atoms. The predicted molar refractivity (Wildman–Crippen MR) is 120 cm³/mol. The monoisotopic (exact) mass is 479 g/mol. The molecule has 0 saturated carbocycles. The Hall–Kier alpha value is -3.58. The summed E-state index contributed by atoms with van der Waals surface area (Å²) in [5.74, 6) is -1.30. The molecule has 11 nitrogen and oxygen atoms in total. The van der Waals surface area contributed by atoms with E-state index < -0.39 is 33.2 Å². The van der Waals surface area contributed by atoms with Crippen LogP contribution < -0.4 is 14.6 Å². The number of amides is 1. The highest BCUT2D eigenvalue weighted by atomic mass is 32.2. The average molecular weight is 479 g/mol. The molecular weight excluding hydrogens is 457 g/mol. The lowest BCUT2D eigenvalue weighted by Gasteiger charge is -2.29. The van der Waals surface area contributed by atoms with Crippen LogP contribution in [0.1, 0.15) is 5.56 Å². The van der Waals surface area contributed by atoms with Crippen molar-refractivity contribution in [3.8, 4) is 0 Å². The molecule has 0 radical (unpaired) electrons. The molecule has 0 aromatic heterocycles. The Labute approximate surface area is 189 Å². The number of hydrogen-bond acceptors (Lipinski definition) is 8. The molecule has 0 aliphatic carbocycles. The van der Waals surface area contributed by atoms with Crippen LogP contribution in [0.25, 0.3) is 0 Å². The third-order valence-corrected chi connectivity index (χ3v) is 5.91. The normalized spacial score (nSPS) is 14.3. The van der Waals surface area contributed by atoms with Gasteiger partial charge in [0.25, 0.3) is 11.6 Å². The van der Waals surface area contributed by atoms with E-state index in [4.69, 9.17) is 4.74 Å². The number of benzene rings is 2. The van der Waals surface area contributed by atoms with E-state index >= 15 is 0 Å². The van der Waals surface area contributed by atoms with Crippen LogP contribution >= 0.6 is 0 Å². The first-order valence-electron chi connectivity index (χ1n) is 9.81. The van der Waals surface area contributed by atoms with E-state index in [1.54, 1.807) is 6.07 Å². The minimum atomic E-state index is -3.83. The second kappa shape index (κ2) is 10.4. The minimum Gasteiger partial charge on any atom is -0.378 e. The first-order chi connectivity index (χ1) is 15.6. The molecular formula is C20H22FN5O6S. The van der Waals surface area contributed by atoms with Crippen molar-refractivity contribution in [3.05, 3.63) is 64.0 Å². The fraction of sp³-hybridized carbons (Fsp3) is 0.300. The maximum absolute atomic E-state index is 13.2. The molecule has 0 spiro atoms. The molecule has 1 fully saturated rings. The summed E-state index contributed by atoms with van der Waals surface area (Å²) in [6.07, 6.45) is 2.18. The van der Waals surface area contributed by atoms with Crippen molar-refractivity contribution in [1.82, 2.24) is 5.43 Å². The number of hydrazone groups is 1. The van der Waals surface area contributed by atoms with Crippen LogP contribution in [0, 0.1) is 15.9 Å². The molecule has 1 N–H and O–H groups in total. The summed E-state index contributed by atoms with van der Waals surface area (Å²) in [6.45, 7) is 1.61. The first-order valence-corrected chi connectivity index (χ1v) is 11.7. The number of carbonyl (C=O) groups excluding carboxylic acids is 1. The number of non-ortho nitro benzene ring substituents is 1. The van der Waals surface area contributed by atoms with E-state index in [1.165, 1.54) is 30.5 Å². The number of morpholine rings is 1. The predicted octanol–water partition coefficient (Wildman–Crippen LogP) is 1.49. The van der Waals surface area contributed by atoms with Gasteiger partial charge in [0.15, 0.2) is 0 Å². The average Bonchev–Trinajstić information content (AvgIpc) is 2.78. The Morgan fingerprint density at radius 1 is 1.27 bits per heavy atom. The molecule has 33 heavy (non-hydrogen) atoms. The fourth-order valence-electron chi connectivity index (χ4n) is 3.20. The van der Waals surface area contributed by atoms with Gasteiger partial charge in [0.05, 0.1) is 36.3 Å². The summed E-state index contributed by atoms with van der Waals surface area (Å²) < 4.78 is 43.5. The molecule has 1 aliphatic heterocycles. The van der Waals surface area contributed by atoms with Gasteiger partial charge in [0, 0.05) is 36.5 Å². The van der Waals surface area contributed by atoms with Crippen LogP contribution in [0.15, 0.2) is 47.6 Å². The minimum absolute atomic E-state index is 0.117. The lowest BCUT2D eigenvalue weighted by atomic mass is 10.1. The molecule has 2 aromatic carbocycles. The summed E-state index contributed by atoms with van der Waals surface area (Å²) in [4.78, 5) is 25.0. The smallest absolute Gasteiger partial charge is 0.270 e. The molecule has 0 unspecified atom stereocenters. The van der Waals surface area contributed by atoms with Gasteiger partial charge in [-0.15, -0.1) is 0 Å². The van der Waals surface area contributed by atoms with Crippen LogP contribution in [-0.2, 0) is 19.6 Å². The van der Waals surface area contributed by atoms with Crippen molar-refractivity contribution < 1.29 is 27.3 Å². The summed E-state index contributed by atoms with van der Waals surface area (Å²) in [5, 5.41) is 15.0. The number of nitro benzene ring substituents is 1. The Balaban J connectivity index is 1.76. The molecule has 1 saturated heterocycles. The number of hydrogen-bond donors (Lipinski definition) is 1. The Kier molecular flexibility index (Phi) is 7.55. The van der Waals surface area contributed by atoms with Crippen LogP contribution in [0.3, 0.4) is 0 Å². The molecule has 2 aromatic rings. The van der Waals surface area contributed by atoms with Crippen molar-refractivity contribution >= 4 is 39.2 Å². The summed E-state index contributed by atoms with van der Waals surface area (Å²) in [7, 11) is -3.83. The summed E-state index contributed by atoms with van der Waals surface area (Å²) in [5.41, 5.74) is 3.30. The molecule has 1 amide bonds. The Morgan fingerprint density at radius 2 is 1.94 bits per heavy atom. The van der Waals surface area contributed by atoms with Gasteiger partial charge in [-0.2, -0.15) is 5.10 Å². The van der Waals surface area contributed by atoms with Crippen molar-refractivity contribution in [2.24, 2.45) is 5.10 Å². The lowest BCUT2D eigenvalue weighted by Crippen LogP contribution is -2.39. The van der Waals surface area contributed by atoms with Gasteiger partial charge >= 0.3 is 0 Å². The Morgan fingerprint density at radius 3 is 2.55 bits per heavy atom. The zero-order valence-electron chi connectivity index (χ0n) is 17.7. The third kappa shape index (κ3) is 6.46. The zero-order valence-corrected chi connectivity index (χ0v) is 18.5. The van der Waals surface area contributed by atoms with Crippen molar-refractivity contribution in [3.63, 3.8) is 0 Å². The molecule has 0 atom stereocenters. The van der Waals surface area contributed by atoms with Gasteiger partial charge in [-0.05, 0) is 30.3 Å².